The Bertz CT molecular complexity index is 315. The largest absolute Gasteiger partial charge is 0.393 e. The molecule has 1 aromatic rings. The lowest BCUT2D eigenvalue weighted by Gasteiger charge is -2.07. The Hall–Kier alpha value is -0.120. The summed E-state index contributed by atoms with van der Waals surface area (Å²) in [6.07, 6.45) is -0.152. The van der Waals surface area contributed by atoms with E-state index in [0.29, 0.717) is 16.5 Å². The van der Waals surface area contributed by atoms with Gasteiger partial charge in [-0.3, -0.25) is 0 Å². The van der Waals surface area contributed by atoms with Crippen molar-refractivity contribution in [3.8, 4) is 0 Å². The molecule has 0 aliphatic rings. The van der Waals surface area contributed by atoms with Gasteiger partial charge in [0.1, 0.15) is 0 Å². The molecule has 0 saturated carbocycles. The molecule has 0 aromatic heterocycles. The Labute approximate surface area is 89.7 Å². The van der Waals surface area contributed by atoms with E-state index in [1.54, 1.807) is 19.1 Å². The number of halogens is 3. The SMILES string of the molecule is CC(O)Cc1ccc(Br)c(F)c1Cl. The minimum atomic E-state index is -0.516. The molecule has 13 heavy (non-hydrogen) atoms. The fourth-order valence-electron chi connectivity index (χ4n) is 1.04. The molecule has 0 aliphatic heterocycles. The zero-order valence-corrected chi connectivity index (χ0v) is 9.36. The normalized spacial score (nSPS) is 13.0. The molecule has 1 unspecified atom stereocenters. The van der Waals surface area contributed by atoms with E-state index in [2.05, 4.69) is 15.9 Å². The molecule has 0 fully saturated rings. The third-order valence-electron chi connectivity index (χ3n) is 1.63. The fourth-order valence-corrected chi connectivity index (χ4v) is 1.73. The number of aliphatic hydroxyl groups is 1. The van der Waals surface area contributed by atoms with Crippen LogP contribution in [-0.2, 0) is 6.42 Å². The van der Waals surface area contributed by atoms with Crippen LogP contribution in [0.4, 0.5) is 4.39 Å². The second kappa shape index (κ2) is 4.40. The maximum absolute atomic E-state index is 13.2. The molecule has 1 N–H and O–H groups in total. The van der Waals surface area contributed by atoms with Crippen LogP contribution in [0.2, 0.25) is 5.02 Å². The first-order chi connectivity index (χ1) is 6.02. The highest BCUT2D eigenvalue weighted by Gasteiger charge is 2.11. The first kappa shape index (κ1) is 11.0. The van der Waals surface area contributed by atoms with Gasteiger partial charge in [0.2, 0.25) is 0 Å². The van der Waals surface area contributed by atoms with Crippen molar-refractivity contribution in [1.82, 2.24) is 0 Å². The van der Waals surface area contributed by atoms with Gasteiger partial charge in [-0.25, -0.2) is 4.39 Å². The molecule has 1 rings (SSSR count). The Balaban J connectivity index is 3.04. The molecule has 4 heteroatoms. The lowest BCUT2D eigenvalue weighted by molar-refractivity contribution is 0.195. The van der Waals surface area contributed by atoms with Gasteiger partial charge in [-0.2, -0.15) is 0 Å². The van der Waals surface area contributed by atoms with Crippen LogP contribution in [0.15, 0.2) is 16.6 Å². The summed E-state index contributed by atoms with van der Waals surface area (Å²) in [5, 5.41) is 9.18. The fraction of sp³-hybridized carbons (Fsp3) is 0.333. The summed E-state index contributed by atoms with van der Waals surface area (Å²) in [7, 11) is 0. The summed E-state index contributed by atoms with van der Waals surface area (Å²) in [6, 6.07) is 3.28. The van der Waals surface area contributed by atoms with Gasteiger partial charge >= 0.3 is 0 Å². The lowest BCUT2D eigenvalue weighted by Crippen LogP contribution is -2.05. The van der Waals surface area contributed by atoms with Gasteiger partial charge in [0.05, 0.1) is 15.6 Å². The number of rotatable bonds is 2. The standard InChI is InChI=1S/C9H9BrClFO/c1-5(13)4-6-2-3-7(10)9(12)8(6)11/h2-3,5,13H,4H2,1H3. The van der Waals surface area contributed by atoms with E-state index >= 15 is 0 Å². The quantitative estimate of drug-likeness (QED) is 0.816. The van der Waals surface area contributed by atoms with E-state index in [9.17, 15) is 4.39 Å². The maximum atomic E-state index is 13.2. The molecule has 1 atom stereocenters. The molecule has 72 valence electrons. The maximum Gasteiger partial charge on any atom is 0.156 e. The van der Waals surface area contributed by atoms with Gasteiger partial charge in [-0.1, -0.05) is 17.7 Å². The van der Waals surface area contributed by atoms with Crippen LogP contribution in [0.25, 0.3) is 0 Å². The lowest BCUT2D eigenvalue weighted by atomic mass is 10.1. The van der Waals surface area contributed by atoms with E-state index in [-0.39, 0.29) is 5.02 Å². The van der Waals surface area contributed by atoms with E-state index in [4.69, 9.17) is 16.7 Å². The van der Waals surface area contributed by atoms with Gasteiger partial charge in [0.15, 0.2) is 5.82 Å². The van der Waals surface area contributed by atoms with Crippen LogP contribution in [0, 0.1) is 5.82 Å². The van der Waals surface area contributed by atoms with E-state index < -0.39 is 11.9 Å². The van der Waals surface area contributed by atoms with Crippen molar-refractivity contribution in [1.29, 1.82) is 0 Å². The van der Waals surface area contributed by atoms with Crippen molar-refractivity contribution in [2.24, 2.45) is 0 Å². The van der Waals surface area contributed by atoms with Crippen LogP contribution >= 0.6 is 27.5 Å². The van der Waals surface area contributed by atoms with E-state index in [1.165, 1.54) is 0 Å². The van der Waals surface area contributed by atoms with Crippen molar-refractivity contribution >= 4 is 27.5 Å². The second-order valence-electron chi connectivity index (χ2n) is 2.89. The molecule has 0 amide bonds. The Morgan fingerprint density at radius 3 is 2.77 bits per heavy atom. The van der Waals surface area contributed by atoms with Crippen molar-refractivity contribution in [2.45, 2.75) is 19.4 Å². The molecular weight excluding hydrogens is 258 g/mol. The Morgan fingerprint density at radius 2 is 2.23 bits per heavy atom. The van der Waals surface area contributed by atoms with Crippen molar-refractivity contribution in [2.75, 3.05) is 0 Å². The summed E-state index contributed by atoms with van der Waals surface area (Å²) in [4.78, 5) is 0. The highest BCUT2D eigenvalue weighted by Crippen LogP contribution is 2.27. The summed E-state index contributed by atoms with van der Waals surface area (Å²) >= 11 is 8.75. The predicted octanol–water partition coefficient (Wildman–Crippen LogP) is 3.16. The third kappa shape index (κ3) is 2.66. The van der Waals surface area contributed by atoms with Gasteiger partial charge in [-0.05, 0) is 40.9 Å². The van der Waals surface area contributed by atoms with Gasteiger partial charge in [0.25, 0.3) is 0 Å². The smallest absolute Gasteiger partial charge is 0.156 e. The second-order valence-corrected chi connectivity index (χ2v) is 4.12. The molecule has 0 aliphatic carbocycles. The van der Waals surface area contributed by atoms with Gasteiger partial charge in [0, 0.05) is 0 Å². The number of aliphatic hydroxyl groups excluding tert-OH is 1. The van der Waals surface area contributed by atoms with Crippen LogP contribution in [0.5, 0.6) is 0 Å². The monoisotopic (exact) mass is 266 g/mol. The minimum absolute atomic E-state index is 0.0790. The zero-order valence-electron chi connectivity index (χ0n) is 7.02. The topological polar surface area (TPSA) is 20.2 Å². The molecule has 1 nitrogen and oxygen atoms in total. The molecule has 0 spiro atoms. The highest BCUT2D eigenvalue weighted by molar-refractivity contribution is 9.10. The average molecular weight is 268 g/mol. The van der Waals surface area contributed by atoms with Gasteiger partial charge < -0.3 is 5.11 Å². The molecule has 0 heterocycles. The molecule has 0 radical (unpaired) electrons. The first-order valence-electron chi connectivity index (χ1n) is 3.82. The van der Waals surface area contributed by atoms with Crippen LogP contribution in [0.3, 0.4) is 0 Å². The molecule has 0 bridgehead atoms. The number of hydrogen-bond donors (Lipinski definition) is 1. The van der Waals surface area contributed by atoms with E-state index in [1.807, 2.05) is 0 Å². The molecule has 1 aromatic carbocycles. The Morgan fingerprint density at radius 1 is 1.62 bits per heavy atom. The van der Waals surface area contributed by atoms with Crippen molar-refractivity contribution < 1.29 is 9.50 Å². The molecular formula is C9H9BrClFO. The first-order valence-corrected chi connectivity index (χ1v) is 5.00. The summed E-state index contributed by atoms with van der Waals surface area (Å²) < 4.78 is 13.5. The third-order valence-corrected chi connectivity index (χ3v) is 2.65. The number of benzene rings is 1. The van der Waals surface area contributed by atoms with Crippen molar-refractivity contribution in [3.63, 3.8) is 0 Å². The molecule has 0 saturated heterocycles. The van der Waals surface area contributed by atoms with E-state index in [0.717, 1.165) is 0 Å². The van der Waals surface area contributed by atoms with Crippen LogP contribution in [0.1, 0.15) is 12.5 Å². The summed E-state index contributed by atoms with van der Waals surface area (Å²) in [5.41, 5.74) is 0.623. The van der Waals surface area contributed by atoms with Crippen LogP contribution < -0.4 is 0 Å². The van der Waals surface area contributed by atoms with Crippen molar-refractivity contribution in [3.05, 3.63) is 33.0 Å². The minimum Gasteiger partial charge on any atom is -0.393 e. The summed E-state index contributed by atoms with van der Waals surface area (Å²) in [5.74, 6) is -0.472. The average Bonchev–Trinajstić information content (AvgIpc) is 2.06. The Kier molecular flexibility index (Phi) is 3.71. The summed E-state index contributed by atoms with van der Waals surface area (Å²) in [6.45, 7) is 1.64. The van der Waals surface area contributed by atoms with Gasteiger partial charge in [-0.15, -0.1) is 0 Å². The van der Waals surface area contributed by atoms with Crippen LogP contribution in [-0.4, -0.2) is 11.2 Å². The highest BCUT2D eigenvalue weighted by atomic mass is 79.9. The predicted molar refractivity (Wildman–Crippen MR) is 54.5 cm³/mol. The number of hydrogen-bond acceptors (Lipinski definition) is 1. The zero-order chi connectivity index (χ0) is 10.0.